The Kier molecular flexibility index (Phi) is 5.60. The Morgan fingerprint density at radius 2 is 2.00 bits per heavy atom. The van der Waals surface area contributed by atoms with E-state index in [-0.39, 0.29) is 23.1 Å². The van der Waals surface area contributed by atoms with Crippen molar-refractivity contribution in [3.8, 4) is 0 Å². The van der Waals surface area contributed by atoms with Crippen LogP contribution in [-0.2, 0) is 6.42 Å². The maximum Gasteiger partial charge on any atom is 0.263 e. The van der Waals surface area contributed by atoms with Gasteiger partial charge in [0.2, 0.25) is 0 Å². The van der Waals surface area contributed by atoms with Gasteiger partial charge in [-0.1, -0.05) is 30.3 Å². The second-order valence-electron chi connectivity index (χ2n) is 6.56. The highest BCUT2D eigenvalue weighted by molar-refractivity contribution is 5.93. The van der Waals surface area contributed by atoms with Crippen LogP contribution in [0.25, 0.3) is 0 Å². The Hall–Kier alpha value is -2.47. The molecule has 1 aliphatic heterocycles. The van der Waals surface area contributed by atoms with Gasteiger partial charge in [0.05, 0.1) is 6.33 Å². The highest BCUT2D eigenvalue weighted by Gasteiger charge is 2.28. The van der Waals surface area contributed by atoms with Crippen LogP contribution >= 0.6 is 0 Å². The first-order chi connectivity index (χ1) is 12.1. The van der Waals surface area contributed by atoms with Crippen LogP contribution in [0.15, 0.2) is 47.7 Å². The summed E-state index contributed by atoms with van der Waals surface area (Å²) in [5, 5.41) is 0. The summed E-state index contributed by atoms with van der Waals surface area (Å²) in [7, 11) is 2.10. The van der Waals surface area contributed by atoms with Gasteiger partial charge < -0.3 is 14.8 Å². The SMILES string of the molecule is CN1CCC(N(CCc2ccccc2)C(=O)c2cnc[nH]c2=O)CC1. The fourth-order valence-electron chi connectivity index (χ4n) is 3.30. The van der Waals surface area contributed by atoms with Crippen LogP contribution in [0, 0.1) is 0 Å². The lowest BCUT2D eigenvalue weighted by Crippen LogP contribution is -2.48. The molecule has 0 unspecified atom stereocenters. The first-order valence-electron chi connectivity index (χ1n) is 8.71. The second kappa shape index (κ2) is 8.07. The Morgan fingerprint density at radius 3 is 2.68 bits per heavy atom. The van der Waals surface area contributed by atoms with Crippen molar-refractivity contribution in [1.29, 1.82) is 0 Å². The van der Waals surface area contributed by atoms with E-state index in [1.807, 2.05) is 23.1 Å². The molecule has 1 aliphatic rings. The van der Waals surface area contributed by atoms with Gasteiger partial charge in [-0.05, 0) is 45.0 Å². The number of benzene rings is 1. The van der Waals surface area contributed by atoms with Crippen molar-refractivity contribution in [2.45, 2.75) is 25.3 Å². The minimum absolute atomic E-state index is 0.120. The highest BCUT2D eigenvalue weighted by Crippen LogP contribution is 2.18. The number of carbonyl (C=O) groups excluding carboxylic acids is 1. The van der Waals surface area contributed by atoms with E-state index >= 15 is 0 Å². The number of piperidine rings is 1. The fourth-order valence-corrected chi connectivity index (χ4v) is 3.30. The second-order valence-corrected chi connectivity index (χ2v) is 6.56. The van der Waals surface area contributed by atoms with Gasteiger partial charge in [-0.2, -0.15) is 0 Å². The van der Waals surface area contributed by atoms with Crippen molar-refractivity contribution in [2.75, 3.05) is 26.7 Å². The lowest BCUT2D eigenvalue weighted by Gasteiger charge is -2.37. The molecule has 6 heteroatoms. The maximum absolute atomic E-state index is 13.0. The molecule has 0 atom stereocenters. The van der Waals surface area contributed by atoms with Crippen LogP contribution in [0.2, 0.25) is 0 Å². The van der Waals surface area contributed by atoms with E-state index < -0.39 is 0 Å². The molecule has 25 heavy (non-hydrogen) atoms. The molecule has 1 N–H and O–H groups in total. The number of hydrogen-bond donors (Lipinski definition) is 1. The standard InChI is InChI=1S/C19H24N4O2/c1-22-10-8-16(9-11-22)23(12-7-15-5-3-2-4-6-15)19(25)17-13-20-14-21-18(17)24/h2-6,13-14,16H,7-12H2,1H3,(H,20,21,24). The number of aromatic nitrogens is 2. The van der Waals surface area contributed by atoms with Crippen LogP contribution in [0.1, 0.15) is 28.8 Å². The molecule has 1 amide bonds. The lowest BCUT2D eigenvalue weighted by atomic mass is 10.0. The summed E-state index contributed by atoms with van der Waals surface area (Å²) in [5.74, 6) is -0.222. The Labute approximate surface area is 147 Å². The van der Waals surface area contributed by atoms with Gasteiger partial charge in [0.15, 0.2) is 0 Å². The van der Waals surface area contributed by atoms with Crippen LogP contribution < -0.4 is 5.56 Å². The molecule has 0 saturated carbocycles. The molecule has 2 heterocycles. The number of rotatable bonds is 5. The van der Waals surface area contributed by atoms with E-state index in [1.54, 1.807) is 0 Å². The molecule has 2 aromatic rings. The number of aromatic amines is 1. The van der Waals surface area contributed by atoms with Crippen molar-refractivity contribution in [3.63, 3.8) is 0 Å². The lowest BCUT2D eigenvalue weighted by molar-refractivity contribution is 0.0592. The third-order valence-corrected chi connectivity index (χ3v) is 4.82. The number of nitrogens with zero attached hydrogens (tertiary/aromatic N) is 3. The number of likely N-dealkylation sites (tertiary alicyclic amines) is 1. The monoisotopic (exact) mass is 340 g/mol. The zero-order valence-electron chi connectivity index (χ0n) is 14.5. The number of H-pyrrole nitrogens is 1. The van der Waals surface area contributed by atoms with Gasteiger partial charge in [0.1, 0.15) is 5.56 Å². The van der Waals surface area contributed by atoms with Gasteiger partial charge in [0, 0.05) is 18.8 Å². The molecule has 1 fully saturated rings. The molecule has 0 radical (unpaired) electrons. The van der Waals surface area contributed by atoms with E-state index in [1.165, 1.54) is 18.1 Å². The zero-order chi connectivity index (χ0) is 17.6. The Balaban J connectivity index is 1.79. The molecular weight excluding hydrogens is 316 g/mol. The summed E-state index contributed by atoms with van der Waals surface area (Å²) >= 11 is 0. The van der Waals surface area contributed by atoms with Gasteiger partial charge in [-0.25, -0.2) is 4.98 Å². The highest BCUT2D eigenvalue weighted by atomic mass is 16.2. The van der Waals surface area contributed by atoms with E-state index in [9.17, 15) is 9.59 Å². The van der Waals surface area contributed by atoms with Crippen molar-refractivity contribution in [2.24, 2.45) is 0 Å². The predicted octanol–water partition coefficient (Wildman–Crippen LogP) is 1.55. The summed E-state index contributed by atoms with van der Waals surface area (Å²) in [4.78, 5) is 35.6. The predicted molar refractivity (Wildman–Crippen MR) is 96.6 cm³/mol. The van der Waals surface area contributed by atoms with Crippen LogP contribution in [0.5, 0.6) is 0 Å². The molecular formula is C19H24N4O2. The van der Waals surface area contributed by atoms with Crippen molar-refractivity contribution in [3.05, 3.63) is 64.3 Å². The number of carbonyl (C=O) groups is 1. The van der Waals surface area contributed by atoms with Gasteiger partial charge in [0.25, 0.3) is 11.5 Å². The van der Waals surface area contributed by atoms with Crippen molar-refractivity contribution >= 4 is 5.91 Å². The number of amides is 1. The van der Waals surface area contributed by atoms with Gasteiger partial charge >= 0.3 is 0 Å². The third-order valence-electron chi connectivity index (χ3n) is 4.82. The molecule has 0 bridgehead atoms. The van der Waals surface area contributed by atoms with Gasteiger partial charge in [-0.15, -0.1) is 0 Å². The average Bonchev–Trinajstić information content (AvgIpc) is 2.64. The minimum Gasteiger partial charge on any atom is -0.335 e. The van der Waals surface area contributed by atoms with Crippen LogP contribution in [0.3, 0.4) is 0 Å². The molecule has 1 aromatic carbocycles. The maximum atomic E-state index is 13.0. The quantitative estimate of drug-likeness (QED) is 0.897. The zero-order valence-corrected chi connectivity index (χ0v) is 14.5. The summed E-state index contributed by atoms with van der Waals surface area (Å²) < 4.78 is 0. The van der Waals surface area contributed by atoms with Crippen LogP contribution in [0.4, 0.5) is 0 Å². The summed E-state index contributed by atoms with van der Waals surface area (Å²) in [6.07, 6.45) is 5.30. The molecule has 1 aromatic heterocycles. The number of nitrogens with one attached hydrogen (secondary N) is 1. The fraction of sp³-hybridized carbons (Fsp3) is 0.421. The minimum atomic E-state index is -0.377. The van der Waals surface area contributed by atoms with Crippen LogP contribution in [-0.4, -0.2) is 58.4 Å². The molecule has 3 rings (SSSR count). The van der Waals surface area contributed by atoms with E-state index in [0.29, 0.717) is 6.54 Å². The summed E-state index contributed by atoms with van der Waals surface area (Å²) in [6, 6.07) is 10.3. The molecule has 0 aliphatic carbocycles. The largest absolute Gasteiger partial charge is 0.335 e. The normalized spacial score (nSPS) is 15.9. The summed E-state index contributed by atoms with van der Waals surface area (Å²) in [5.41, 5.74) is 0.931. The third kappa shape index (κ3) is 4.33. The first kappa shape index (κ1) is 17.4. The molecule has 1 saturated heterocycles. The van der Waals surface area contributed by atoms with Crippen molar-refractivity contribution < 1.29 is 4.79 Å². The van der Waals surface area contributed by atoms with E-state index in [4.69, 9.17) is 0 Å². The molecule has 132 valence electrons. The topological polar surface area (TPSA) is 69.3 Å². The smallest absolute Gasteiger partial charge is 0.263 e. The van der Waals surface area contributed by atoms with E-state index in [2.05, 4.69) is 34.0 Å². The Bertz CT molecular complexity index is 751. The first-order valence-corrected chi connectivity index (χ1v) is 8.71. The van der Waals surface area contributed by atoms with Gasteiger partial charge in [-0.3, -0.25) is 9.59 Å². The van der Waals surface area contributed by atoms with E-state index in [0.717, 1.165) is 32.4 Å². The molecule has 6 nitrogen and oxygen atoms in total. The number of hydrogen-bond acceptors (Lipinski definition) is 4. The molecule has 0 spiro atoms. The Morgan fingerprint density at radius 1 is 1.28 bits per heavy atom. The van der Waals surface area contributed by atoms with Crippen molar-refractivity contribution in [1.82, 2.24) is 19.8 Å². The average molecular weight is 340 g/mol. The summed E-state index contributed by atoms with van der Waals surface area (Å²) in [6.45, 7) is 2.53.